The number of benzene rings is 2. The highest BCUT2D eigenvalue weighted by Gasteiger charge is 2.62. The summed E-state index contributed by atoms with van der Waals surface area (Å²) in [6.45, 7) is 4.77. The number of rotatable bonds is 2. The molecule has 33 heavy (non-hydrogen) atoms. The molecule has 1 amide bonds. The van der Waals surface area contributed by atoms with Crippen LogP contribution < -0.4 is 0 Å². The second-order valence-electron chi connectivity index (χ2n) is 11.2. The number of amides is 1. The van der Waals surface area contributed by atoms with Crippen molar-refractivity contribution < 1.29 is 14.4 Å². The number of hydrogen-bond acceptors (Lipinski definition) is 3. The highest BCUT2D eigenvalue weighted by Crippen LogP contribution is 2.62. The van der Waals surface area contributed by atoms with Crippen LogP contribution in [0.3, 0.4) is 0 Å². The summed E-state index contributed by atoms with van der Waals surface area (Å²) in [4.78, 5) is 41.4. The van der Waals surface area contributed by atoms with Crippen molar-refractivity contribution in [2.24, 2.45) is 28.6 Å². The largest absolute Gasteiger partial charge is 0.312 e. The van der Waals surface area contributed by atoms with E-state index >= 15 is 0 Å². The minimum atomic E-state index is -0.477. The third-order valence-electron chi connectivity index (χ3n) is 9.43. The Kier molecular flexibility index (Phi) is 4.50. The zero-order chi connectivity index (χ0) is 23.0. The number of nitrogens with zero attached hydrogens (tertiary/aromatic N) is 1. The van der Waals surface area contributed by atoms with Crippen LogP contribution in [0.4, 0.5) is 0 Å². The van der Waals surface area contributed by atoms with Gasteiger partial charge in [-0.25, -0.2) is 0 Å². The monoisotopic (exact) mass is 441 g/mol. The van der Waals surface area contributed by atoms with E-state index in [1.54, 1.807) is 0 Å². The van der Waals surface area contributed by atoms with E-state index < -0.39 is 5.41 Å². The van der Waals surface area contributed by atoms with E-state index in [0.29, 0.717) is 25.8 Å². The Bertz CT molecular complexity index is 1230. The Balaban J connectivity index is 1.37. The van der Waals surface area contributed by atoms with Crippen LogP contribution in [-0.2, 0) is 20.9 Å². The summed E-state index contributed by atoms with van der Waals surface area (Å²) >= 11 is 0. The minimum Gasteiger partial charge on any atom is -0.312 e. The van der Waals surface area contributed by atoms with Gasteiger partial charge in [0.2, 0.25) is 5.91 Å². The molecule has 5 atom stereocenters. The predicted molar refractivity (Wildman–Crippen MR) is 127 cm³/mol. The van der Waals surface area contributed by atoms with Gasteiger partial charge >= 0.3 is 0 Å². The molecule has 4 nitrogen and oxygen atoms in total. The van der Waals surface area contributed by atoms with E-state index in [9.17, 15) is 14.4 Å². The molecule has 1 aliphatic heterocycles. The number of likely N-dealkylation sites (tertiary alicyclic amines) is 1. The fraction of sp³-hybridized carbons (Fsp3) is 0.483. The fourth-order valence-corrected chi connectivity index (χ4v) is 7.76. The van der Waals surface area contributed by atoms with Crippen LogP contribution in [0.5, 0.6) is 0 Å². The molecule has 2 aromatic carbocycles. The van der Waals surface area contributed by atoms with Gasteiger partial charge in [-0.05, 0) is 53.5 Å². The summed E-state index contributed by atoms with van der Waals surface area (Å²) in [5, 5.41) is 2.37. The molecule has 0 N–H and O–H groups in total. The number of ketones is 2. The zero-order valence-corrected chi connectivity index (χ0v) is 19.5. The lowest BCUT2D eigenvalue weighted by molar-refractivity contribution is -0.152. The molecule has 4 unspecified atom stereocenters. The maximum atomic E-state index is 13.6. The molecule has 1 saturated heterocycles. The molecule has 170 valence electrons. The minimum absolute atomic E-state index is 0.0892. The third-order valence-corrected chi connectivity index (χ3v) is 9.43. The van der Waals surface area contributed by atoms with Crippen molar-refractivity contribution in [1.82, 2.24) is 4.90 Å². The van der Waals surface area contributed by atoms with Gasteiger partial charge in [-0.15, -0.1) is 0 Å². The number of hydrogen-bond donors (Lipinski definition) is 0. The molecule has 2 aromatic rings. The molecule has 0 spiro atoms. The Morgan fingerprint density at radius 2 is 1.76 bits per heavy atom. The van der Waals surface area contributed by atoms with Gasteiger partial charge in [0.1, 0.15) is 11.6 Å². The first-order chi connectivity index (χ1) is 15.8. The molecule has 3 aliphatic carbocycles. The molecule has 0 radical (unpaired) electrons. The van der Waals surface area contributed by atoms with Crippen LogP contribution in [0, 0.1) is 28.6 Å². The van der Waals surface area contributed by atoms with Gasteiger partial charge in [0.15, 0.2) is 0 Å². The molecule has 1 heterocycles. The lowest BCUT2D eigenvalue weighted by Gasteiger charge is -2.56. The number of Topliss-reactive ketones (excluding diaryl/α,β-unsaturated/α-hetero) is 2. The van der Waals surface area contributed by atoms with E-state index in [1.807, 2.05) is 24.0 Å². The van der Waals surface area contributed by atoms with Crippen molar-refractivity contribution in [3.05, 3.63) is 59.8 Å². The standard InChI is InChI=1S/C29H31NO3/c1-28-14-13-26(33)30(17-18-7-8-19-5-3-4-6-20(19)15-18)24(28)11-9-21-22-10-12-25(32)29(22,2)16-23(31)27(21)28/h3-8,11,15,21-22,27H,9-10,12-14,16-17H2,1-2H3/t21?,22?,27?,28?,29-/m0/s1. The molecular formula is C29H31NO3. The maximum Gasteiger partial charge on any atom is 0.227 e. The number of piperidine rings is 1. The molecular weight excluding hydrogens is 410 g/mol. The first kappa shape index (κ1) is 20.8. The van der Waals surface area contributed by atoms with Crippen molar-refractivity contribution >= 4 is 28.2 Å². The van der Waals surface area contributed by atoms with E-state index in [1.165, 1.54) is 10.8 Å². The normalized spacial score (nSPS) is 35.8. The molecule has 4 heteroatoms. The number of carbonyl (C=O) groups excluding carboxylic acids is 3. The Morgan fingerprint density at radius 3 is 2.58 bits per heavy atom. The highest BCUT2D eigenvalue weighted by molar-refractivity contribution is 5.96. The first-order valence-corrected chi connectivity index (χ1v) is 12.4. The van der Waals surface area contributed by atoms with Gasteiger partial charge in [-0.1, -0.05) is 56.3 Å². The Morgan fingerprint density at radius 1 is 0.970 bits per heavy atom. The highest BCUT2D eigenvalue weighted by atomic mass is 16.2. The lowest BCUT2D eigenvalue weighted by Crippen LogP contribution is -2.57. The Labute approximate surface area is 195 Å². The van der Waals surface area contributed by atoms with E-state index in [2.05, 4.69) is 43.3 Å². The van der Waals surface area contributed by atoms with Gasteiger partial charge < -0.3 is 4.90 Å². The molecule has 0 bridgehead atoms. The number of carbonyl (C=O) groups is 3. The summed E-state index contributed by atoms with van der Waals surface area (Å²) in [5.74, 6) is 1.07. The smallest absolute Gasteiger partial charge is 0.227 e. The second-order valence-corrected chi connectivity index (χ2v) is 11.2. The lowest BCUT2D eigenvalue weighted by atomic mass is 9.49. The van der Waals surface area contributed by atoms with Crippen molar-refractivity contribution in [2.75, 3.05) is 0 Å². The summed E-state index contributed by atoms with van der Waals surface area (Å²) in [6, 6.07) is 14.7. The maximum absolute atomic E-state index is 13.6. The van der Waals surface area contributed by atoms with E-state index in [-0.39, 0.29) is 40.6 Å². The molecule has 3 fully saturated rings. The average molecular weight is 442 g/mol. The van der Waals surface area contributed by atoms with Crippen LogP contribution in [0.25, 0.3) is 10.8 Å². The van der Waals surface area contributed by atoms with Crippen molar-refractivity contribution in [3.8, 4) is 0 Å². The molecule has 0 aromatic heterocycles. The van der Waals surface area contributed by atoms with Gasteiger partial charge in [-0.3, -0.25) is 14.4 Å². The van der Waals surface area contributed by atoms with Gasteiger partial charge in [0.25, 0.3) is 0 Å². The van der Waals surface area contributed by atoms with Gasteiger partial charge in [0.05, 0.1) is 6.54 Å². The van der Waals surface area contributed by atoms with Crippen LogP contribution >= 0.6 is 0 Å². The van der Waals surface area contributed by atoms with Crippen molar-refractivity contribution in [3.63, 3.8) is 0 Å². The quantitative estimate of drug-likeness (QED) is 0.623. The van der Waals surface area contributed by atoms with Crippen LogP contribution in [0.15, 0.2) is 54.2 Å². The topological polar surface area (TPSA) is 54.5 Å². The molecule has 6 rings (SSSR count). The molecule has 4 aliphatic rings. The van der Waals surface area contributed by atoms with Crippen molar-refractivity contribution in [1.29, 1.82) is 0 Å². The van der Waals surface area contributed by atoms with Crippen molar-refractivity contribution in [2.45, 2.75) is 58.9 Å². The second kappa shape index (κ2) is 7.12. The Hall–Kier alpha value is -2.75. The van der Waals surface area contributed by atoms with Gasteiger partial charge in [0, 0.05) is 41.7 Å². The predicted octanol–water partition coefficient (Wildman–Crippen LogP) is 5.45. The summed E-state index contributed by atoms with van der Waals surface area (Å²) in [5.41, 5.74) is 1.33. The molecule has 2 saturated carbocycles. The summed E-state index contributed by atoms with van der Waals surface area (Å²) < 4.78 is 0. The third kappa shape index (κ3) is 2.92. The zero-order valence-electron chi connectivity index (χ0n) is 19.5. The van der Waals surface area contributed by atoms with Crippen LogP contribution in [-0.4, -0.2) is 22.4 Å². The van der Waals surface area contributed by atoms with E-state index in [4.69, 9.17) is 0 Å². The number of fused-ring (bicyclic) bond motifs is 6. The van der Waals surface area contributed by atoms with Crippen LogP contribution in [0.1, 0.15) is 57.9 Å². The van der Waals surface area contributed by atoms with Crippen LogP contribution in [0.2, 0.25) is 0 Å². The average Bonchev–Trinajstić information content (AvgIpc) is 3.09. The summed E-state index contributed by atoms with van der Waals surface area (Å²) in [6.07, 6.45) is 6.10. The first-order valence-electron chi connectivity index (χ1n) is 12.4. The van der Waals surface area contributed by atoms with Gasteiger partial charge in [-0.2, -0.15) is 0 Å². The summed E-state index contributed by atoms with van der Waals surface area (Å²) in [7, 11) is 0. The fourth-order valence-electron chi connectivity index (χ4n) is 7.76. The number of allylic oxidation sites excluding steroid dienone is 2. The SMILES string of the molecule is CC12CCC(=O)N(Cc3ccc4ccccc4c3)C1=CCC1C2C(=O)C[C@]2(C)C(=O)CCC12. The van der Waals surface area contributed by atoms with E-state index in [0.717, 1.165) is 30.5 Å².